The summed E-state index contributed by atoms with van der Waals surface area (Å²) in [5.74, 6) is -0.731. The lowest BCUT2D eigenvalue weighted by Gasteiger charge is -2.26. The fourth-order valence-corrected chi connectivity index (χ4v) is 2.53. The zero-order valence-electron chi connectivity index (χ0n) is 10.0. The minimum atomic E-state index is -1.24. The van der Waals surface area contributed by atoms with E-state index < -0.39 is 11.4 Å². The molecule has 1 atom stereocenters. The molecule has 1 N–H and O–H groups in total. The number of benzene rings is 1. The number of carboxylic acids is 1. The lowest BCUT2D eigenvalue weighted by Crippen LogP contribution is -2.26. The highest BCUT2D eigenvalue weighted by molar-refractivity contribution is 6.31. The molecule has 0 spiro atoms. The molecular formula is C13H10ClNO4. The van der Waals surface area contributed by atoms with E-state index in [1.54, 1.807) is 10.6 Å². The van der Waals surface area contributed by atoms with Crippen molar-refractivity contribution in [3.63, 3.8) is 0 Å². The molecule has 0 fully saturated rings. The van der Waals surface area contributed by atoms with Gasteiger partial charge in [0.2, 0.25) is 5.43 Å². The number of hydrogen-bond acceptors (Lipinski definition) is 3. The number of carbonyl (C=O) groups is 1. The summed E-state index contributed by atoms with van der Waals surface area (Å²) in [6.07, 6.45) is 1.37. The van der Waals surface area contributed by atoms with Crippen LogP contribution in [-0.4, -0.2) is 22.2 Å². The van der Waals surface area contributed by atoms with E-state index in [9.17, 15) is 9.59 Å². The smallest absolute Gasteiger partial charge is 0.341 e. The average Bonchev–Trinajstić information content (AvgIpc) is 2.35. The number of rotatable bonds is 1. The molecule has 0 saturated heterocycles. The van der Waals surface area contributed by atoms with Crippen LogP contribution in [0.15, 0.2) is 23.1 Å². The van der Waals surface area contributed by atoms with E-state index in [1.807, 2.05) is 6.92 Å². The fourth-order valence-electron chi connectivity index (χ4n) is 2.32. The first-order valence-electron chi connectivity index (χ1n) is 5.73. The van der Waals surface area contributed by atoms with Crippen molar-refractivity contribution in [2.75, 3.05) is 6.61 Å². The zero-order chi connectivity index (χ0) is 13.7. The van der Waals surface area contributed by atoms with Crippen molar-refractivity contribution in [1.82, 2.24) is 4.57 Å². The molecule has 3 rings (SSSR count). The van der Waals surface area contributed by atoms with Gasteiger partial charge in [-0.3, -0.25) is 4.79 Å². The molecule has 6 heteroatoms. The molecule has 0 aliphatic carbocycles. The Hall–Kier alpha value is -2.01. The lowest BCUT2D eigenvalue weighted by atomic mass is 10.1. The first-order chi connectivity index (χ1) is 8.99. The Balaban J connectivity index is 2.53. The Bertz CT molecular complexity index is 765. The van der Waals surface area contributed by atoms with E-state index in [4.69, 9.17) is 21.4 Å². The molecule has 0 saturated carbocycles. The monoisotopic (exact) mass is 279 g/mol. The summed E-state index contributed by atoms with van der Waals surface area (Å²) in [7, 11) is 0. The van der Waals surface area contributed by atoms with E-state index in [0.717, 1.165) is 0 Å². The molecule has 1 aliphatic rings. The van der Waals surface area contributed by atoms with Crippen LogP contribution in [-0.2, 0) is 0 Å². The first-order valence-corrected chi connectivity index (χ1v) is 6.11. The summed E-state index contributed by atoms with van der Waals surface area (Å²) in [6, 6.07) is 3.06. The van der Waals surface area contributed by atoms with Gasteiger partial charge in [-0.1, -0.05) is 11.6 Å². The number of pyridine rings is 1. The second kappa shape index (κ2) is 3.99. The van der Waals surface area contributed by atoms with Gasteiger partial charge in [0.05, 0.1) is 16.9 Å². The van der Waals surface area contributed by atoms with Gasteiger partial charge in [0.25, 0.3) is 0 Å². The van der Waals surface area contributed by atoms with Gasteiger partial charge in [0.1, 0.15) is 17.9 Å². The Labute approximate surface area is 113 Å². The third-order valence-electron chi connectivity index (χ3n) is 3.24. The summed E-state index contributed by atoms with van der Waals surface area (Å²) < 4.78 is 7.31. The third-order valence-corrected chi connectivity index (χ3v) is 3.46. The molecule has 1 aromatic carbocycles. The summed E-state index contributed by atoms with van der Waals surface area (Å²) in [5.41, 5.74) is -0.201. The number of hydrogen-bond donors (Lipinski definition) is 1. The first kappa shape index (κ1) is 12.0. The predicted octanol–water partition coefficient (Wildman–Crippen LogP) is 2.31. The molecule has 2 aromatic rings. The maximum atomic E-state index is 12.2. The van der Waals surface area contributed by atoms with E-state index >= 15 is 0 Å². The molecule has 1 aromatic heterocycles. The second-order valence-corrected chi connectivity index (χ2v) is 4.98. The predicted molar refractivity (Wildman–Crippen MR) is 70.4 cm³/mol. The largest absolute Gasteiger partial charge is 0.489 e. The van der Waals surface area contributed by atoms with Crippen LogP contribution in [0.5, 0.6) is 5.75 Å². The van der Waals surface area contributed by atoms with Crippen LogP contribution in [0.3, 0.4) is 0 Å². The molecule has 0 amide bonds. The molecule has 98 valence electrons. The molecule has 0 bridgehead atoms. The molecular weight excluding hydrogens is 270 g/mol. The molecule has 0 radical (unpaired) electrons. The number of halogens is 1. The zero-order valence-corrected chi connectivity index (χ0v) is 10.8. The van der Waals surface area contributed by atoms with Gasteiger partial charge in [-0.15, -0.1) is 0 Å². The number of ether oxygens (including phenoxy) is 1. The third kappa shape index (κ3) is 1.69. The Kier molecular flexibility index (Phi) is 2.53. The second-order valence-electron chi connectivity index (χ2n) is 4.54. The van der Waals surface area contributed by atoms with E-state index in [0.29, 0.717) is 22.9 Å². The lowest BCUT2D eigenvalue weighted by molar-refractivity contribution is 0.0694. The standard InChI is InChI=1S/C13H10ClNO4/c1-6-5-19-10-3-7(14)2-8-11(10)15(6)4-9(12(8)16)13(17)18/h2-4,6H,5H2,1H3,(H,17,18). The van der Waals surface area contributed by atoms with Gasteiger partial charge in [-0.2, -0.15) is 0 Å². The maximum absolute atomic E-state index is 12.2. The Morgan fingerprint density at radius 2 is 2.26 bits per heavy atom. The van der Waals surface area contributed by atoms with Crippen molar-refractivity contribution in [2.45, 2.75) is 13.0 Å². The summed E-state index contributed by atoms with van der Waals surface area (Å²) >= 11 is 5.94. The van der Waals surface area contributed by atoms with Crippen molar-refractivity contribution < 1.29 is 14.6 Å². The fraction of sp³-hybridized carbons (Fsp3) is 0.231. The van der Waals surface area contributed by atoms with E-state index in [2.05, 4.69) is 0 Å². The van der Waals surface area contributed by atoms with Gasteiger partial charge in [0, 0.05) is 17.3 Å². The molecule has 5 nitrogen and oxygen atoms in total. The summed E-state index contributed by atoms with van der Waals surface area (Å²) in [6.45, 7) is 2.30. The maximum Gasteiger partial charge on any atom is 0.341 e. The van der Waals surface area contributed by atoms with Gasteiger partial charge in [-0.05, 0) is 13.0 Å². The number of carboxylic acid groups (broad SMARTS) is 1. The van der Waals surface area contributed by atoms with Crippen molar-refractivity contribution in [3.8, 4) is 5.75 Å². The Morgan fingerprint density at radius 3 is 2.95 bits per heavy atom. The van der Waals surface area contributed by atoms with Crippen LogP contribution in [0.4, 0.5) is 0 Å². The number of aromatic carboxylic acids is 1. The minimum Gasteiger partial charge on any atom is -0.489 e. The van der Waals surface area contributed by atoms with Crippen LogP contribution < -0.4 is 10.2 Å². The van der Waals surface area contributed by atoms with E-state index in [-0.39, 0.29) is 17.0 Å². The topological polar surface area (TPSA) is 68.5 Å². The van der Waals surface area contributed by atoms with Gasteiger partial charge in [-0.25, -0.2) is 4.79 Å². The van der Waals surface area contributed by atoms with Crippen molar-refractivity contribution in [3.05, 3.63) is 39.1 Å². The number of nitrogens with zero attached hydrogens (tertiary/aromatic N) is 1. The van der Waals surface area contributed by atoms with Crippen LogP contribution in [0.1, 0.15) is 23.3 Å². The van der Waals surface area contributed by atoms with Crippen LogP contribution in [0, 0.1) is 0 Å². The number of aromatic nitrogens is 1. The van der Waals surface area contributed by atoms with Crippen molar-refractivity contribution >= 4 is 28.5 Å². The molecule has 19 heavy (non-hydrogen) atoms. The van der Waals surface area contributed by atoms with Crippen molar-refractivity contribution in [2.24, 2.45) is 0 Å². The summed E-state index contributed by atoms with van der Waals surface area (Å²) in [4.78, 5) is 23.3. The van der Waals surface area contributed by atoms with Gasteiger partial charge in [0.15, 0.2) is 0 Å². The van der Waals surface area contributed by atoms with Gasteiger partial charge < -0.3 is 14.4 Å². The van der Waals surface area contributed by atoms with Crippen molar-refractivity contribution in [1.29, 1.82) is 0 Å². The molecule has 1 unspecified atom stereocenters. The average molecular weight is 280 g/mol. The highest BCUT2D eigenvalue weighted by Crippen LogP contribution is 2.34. The van der Waals surface area contributed by atoms with Crippen LogP contribution in [0.2, 0.25) is 5.02 Å². The SMILES string of the molecule is CC1COc2cc(Cl)cc3c(=O)c(C(=O)O)cn1c23. The quantitative estimate of drug-likeness (QED) is 0.870. The highest BCUT2D eigenvalue weighted by atomic mass is 35.5. The van der Waals surface area contributed by atoms with Crippen LogP contribution in [0.25, 0.3) is 10.9 Å². The molecule has 2 heterocycles. The van der Waals surface area contributed by atoms with Gasteiger partial charge >= 0.3 is 5.97 Å². The van der Waals surface area contributed by atoms with E-state index in [1.165, 1.54) is 12.3 Å². The van der Waals surface area contributed by atoms with Crippen LogP contribution >= 0.6 is 11.6 Å². The minimum absolute atomic E-state index is 0.0464. The summed E-state index contributed by atoms with van der Waals surface area (Å²) in [5, 5.41) is 9.73. The molecule has 1 aliphatic heterocycles. The highest BCUT2D eigenvalue weighted by Gasteiger charge is 2.23. The Morgan fingerprint density at radius 1 is 1.53 bits per heavy atom. The normalized spacial score (nSPS) is 17.3.